The Balaban J connectivity index is 1.58. The Kier molecular flexibility index (Phi) is 4.36. The van der Waals surface area contributed by atoms with Crippen LogP contribution in [0.1, 0.15) is 0 Å². The molecule has 0 amide bonds. The maximum Gasteiger partial charge on any atom is 0.0789 e. The smallest absolute Gasteiger partial charge is 0.0789 e. The number of para-hydroxylation sites is 2. The molecule has 0 saturated heterocycles. The molecule has 0 unspecified atom stereocenters. The van der Waals surface area contributed by atoms with Crippen molar-refractivity contribution in [3.05, 3.63) is 146 Å². The first-order chi connectivity index (χ1) is 19.9. The number of hydrogen-bond donors (Lipinski definition) is 0. The van der Waals surface area contributed by atoms with E-state index in [1.54, 1.807) is 0 Å². The molecule has 0 N–H and O–H groups in total. The highest BCUT2D eigenvalue weighted by molar-refractivity contribution is 6.24. The standard InChI is InChI=1S/C38H24N2/c1-3-15-27-25(11-1)13-9-21-33(27)39-35-19-7-5-17-29(35)31-23-24-32-30-18-6-8-20-36(30)40(38(32)37(31)39)34-22-10-14-26-12-2-4-16-28(26)34/h1-24H. The third-order valence-corrected chi connectivity index (χ3v) is 8.48. The summed E-state index contributed by atoms with van der Waals surface area (Å²) >= 11 is 0. The number of aromatic nitrogens is 2. The van der Waals surface area contributed by atoms with Gasteiger partial charge in [-0.05, 0) is 35.0 Å². The molecule has 0 saturated carbocycles. The largest absolute Gasteiger partial charge is 0.307 e. The Labute approximate surface area is 230 Å². The second-order valence-electron chi connectivity index (χ2n) is 10.6. The SMILES string of the molecule is c1ccc2c(-n3c4ccccc4c4ccc5c6ccccc6n(-c6cccc7ccccc67)c5c43)cccc2c1. The number of nitrogens with zero attached hydrogens (tertiary/aromatic N) is 2. The van der Waals surface area contributed by atoms with E-state index < -0.39 is 0 Å². The van der Waals surface area contributed by atoms with Gasteiger partial charge in [-0.2, -0.15) is 0 Å². The summed E-state index contributed by atoms with van der Waals surface area (Å²) in [6, 6.07) is 53.0. The van der Waals surface area contributed by atoms with Gasteiger partial charge in [-0.3, -0.25) is 0 Å². The van der Waals surface area contributed by atoms with Crippen molar-refractivity contribution in [2.24, 2.45) is 0 Å². The van der Waals surface area contributed by atoms with Crippen molar-refractivity contribution in [1.82, 2.24) is 9.13 Å². The molecule has 2 nitrogen and oxygen atoms in total. The Morgan fingerprint density at radius 1 is 0.275 bits per heavy atom. The molecule has 186 valence electrons. The number of benzene rings is 7. The molecule has 0 bridgehead atoms. The predicted octanol–water partition coefficient (Wildman–Crippen LogP) is 10.2. The first-order valence-corrected chi connectivity index (χ1v) is 13.8. The van der Waals surface area contributed by atoms with Gasteiger partial charge in [0.1, 0.15) is 0 Å². The molecular weight excluding hydrogens is 484 g/mol. The van der Waals surface area contributed by atoms with Gasteiger partial charge in [0.15, 0.2) is 0 Å². The number of rotatable bonds is 2. The van der Waals surface area contributed by atoms with E-state index in [-0.39, 0.29) is 0 Å². The molecular formula is C38H24N2. The van der Waals surface area contributed by atoms with Gasteiger partial charge in [0.25, 0.3) is 0 Å². The van der Waals surface area contributed by atoms with E-state index in [9.17, 15) is 0 Å². The van der Waals surface area contributed by atoms with Gasteiger partial charge in [0.2, 0.25) is 0 Å². The molecule has 2 heteroatoms. The van der Waals surface area contributed by atoms with Gasteiger partial charge in [-0.1, -0.05) is 121 Å². The molecule has 0 spiro atoms. The van der Waals surface area contributed by atoms with Crippen LogP contribution < -0.4 is 0 Å². The quantitative estimate of drug-likeness (QED) is 0.220. The zero-order chi connectivity index (χ0) is 26.2. The fourth-order valence-corrected chi connectivity index (χ4v) is 6.81. The minimum absolute atomic E-state index is 1.20. The van der Waals surface area contributed by atoms with Crippen molar-refractivity contribution in [2.75, 3.05) is 0 Å². The van der Waals surface area contributed by atoms with Gasteiger partial charge >= 0.3 is 0 Å². The van der Waals surface area contributed by atoms with Crippen LogP contribution in [0, 0.1) is 0 Å². The molecule has 2 heterocycles. The van der Waals surface area contributed by atoms with E-state index in [4.69, 9.17) is 0 Å². The van der Waals surface area contributed by atoms with Crippen LogP contribution >= 0.6 is 0 Å². The Morgan fingerprint density at radius 2 is 0.650 bits per heavy atom. The van der Waals surface area contributed by atoms with E-state index in [1.807, 2.05) is 0 Å². The van der Waals surface area contributed by atoms with Crippen molar-refractivity contribution >= 4 is 65.2 Å². The van der Waals surface area contributed by atoms with Crippen LogP contribution in [-0.2, 0) is 0 Å². The molecule has 9 aromatic rings. The summed E-state index contributed by atoms with van der Waals surface area (Å²) in [5.74, 6) is 0. The molecule has 0 aliphatic heterocycles. The second kappa shape index (κ2) is 8.08. The van der Waals surface area contributed by atoms with E-state index in [1.165, 1.54) is 76.5 Å². The summed E-state index contributed by atoms with van der Waals surface area (Å²) in [6.07, 6.45) is 0. The molecule has 0 atom stereocenters. The molecule has 0 fully saturated rings. The Bertz CT molecular complexity index is 2250. The first kappa shape index (κ1) is 21.6. The third-order valence-electron chi connectivity index (χ3n) is 8.48. The summed E-state index contributed by atoms with van der Waals surface area (Å²) in [7, 11) is 0. The summed E-state index contributed by atoms with van der Waals surface area (Å²) in [6.45, 7) is 0. The van der Waals surface area contributed by atoms with Crippen LogP contribution in [0.15, 0.2) is 146 Å². The van der Waals surface area contributed by atoms with Crippen LogP contribution in [0.2, 0.25) is 0 Å². The van der Waals surface area contributed by atoms with Crippen LogP contribution in [0.4, 0.5) is 0 Å². The summed E-state index contributed by atoms with van der Waals surface area (Å²) in [4.78, 5) is 0. The molecule has 9 rings (SSSR count). The van der Waals surface area contributed by atoms with Crippen molar-refractivity contribution in [3.8, 4) is 11.4 Å². The van der Waals surface area contributed by atoms with Crippen molar-refractivity contribution in [2.45, 2.75) is 0 Å². The lowest BCUT2D eigenvalue weighted by atomic mass is 10.1. The molecule has 0 aliphatic rings. The Morgan fingerprint density at radius 3 is 1.12 bits per heavy atom. The van der Waals surface area contributed by atoms with E-state index >= 15 is 0 Å². The molecule has 0 aliphatic carbocycles. The van der Waals surface area contributed by atoms with Crippen LogP contribution in [0.3, 0.4) is 0 Å². The summed E-state index contributed by atoms with van der Waals surface area (Å²) in [5, 5.41) is 10.0. The van der Waals surface area contributed by atoms with Crippen LogP contribution in [-0.4, -0.2) is 9.13 Å². The minimum Gasteiger partial charge on any atom is -0.307 e. The number of hydrogen-bond acceptors (Lipinski definition) is 0. The lowest BCUT2D eigenvalue weighted by molar-refractivity contribution is 1.17. The fourth-order valence-electron chi connectivity index (χ4n) is 6.81. The second-order valence-corrected chi connectivity index (χ2v) is 10.6. The van der Waals surface area contributed by atoms with Crippen molar-refractivity contribution in [1.29, 1.82) is 0 Å². The monoisotopic (exact) mass is 508 g/mol. The lowest BCUT2D eigenvalue weighted by Gasteiger charge is -2.15. The van der Waals surface area contributed by atoms with Crippen LogP contribution in [0.25, 0.3) is 76.5 Å². The highest BCUT2D eigenvalue weighted by Gasteiger charge is 2.22. The topological polar surface area (TPSA) is 9.86 Å². The Hall–Kier alpha value is -5.34. The molecule has 0 radical (unpaired) electrons. The normalized spacial score (nSPS) is 12.0. The highest BCUT2D eigenvalue weighted by Crippen LogP contribution is 2.43. The van der Waals surface area contributed by atoms with E-state index in [0.29, 0.717) is 0 Å². The summed E-state index contributed by atoms with van der Waals surface area (Å²) < 4.78 is 4.99. The molecule has 7 aromatic carbocycles. The predicted molar refractivity (Wildman–Crippen MR) is 170 cm³/mol. The molecule has 40 heavy (non-hydrogen) atoms. The van der Waals surface area contributed by atoms with Gasteiger partial charge < -0.3 is 9.13 Å². The maximum absolute atomic E-state index is 2.50. The molecule has 2 aromatic heterocycles. The van der Waals surface area contributed by atoms with Gasteiger partial charge in [0, 0.05) is 32.3 Å². The highest BCUT2D eigenvalue weighted by atomic mass is 15.0. The van der Waals surface area contributed by atoms with Crippen molar-refractivity contribution in [3.63, 3.8) is 0 Å². The first-order valence-electron chi connectivity index (χ1n) is 13.8. The zero-order valence-electron chi connectivity index (χ0n) is 21.8. The minimum atomic E-state index is 1.20. The summed E-state index contributed by atoms with van der Waals surface area (Å²) in [5.41, 5.74) is 7.31. The number of fused-ring (bicyclic) bond motifs is 9. The lowest BCUT2D eigenvalue weighted by Crippen LogP contribution is -2.00. The fraction of sp³-hybridized carbons (Fsp3) is 0. The third kappa shape index (κ3) is 2.82. The zero-order valence-corrected chi connectivity index (χ0v) is 21.8. The van der Waals surface area contributed by atoms with Crippen molar-refractivity contribution < 1.29 is 0 Å². The van der Waals surface area contributed by atoms with Gasteiger partial charge in [0.05, 0.1) is 33.4 Å². The van der Waals surface area contributed by atoms with E-state index in [0.717, 1.165) is 0 Å². The average molecular weight is 509 g/mol. The average Bonchev–Trinajstić information content (AvgIpc) is 3.53. The van der Waals surface area contributed by atoms with Crippen LogP contribution in [0.5, 0.6) is 0 Å². The maximum atomic E-state index is 2.50. The van der Waals surface area contributed by atoms with Gasteiger partial charge in [-0.15, -0.1) is 0 Å². The van der Waals surface area contributed by atoms with Gasteiger partial charge in [-0.25, -0.2) is 0 Å². The van der Waals surface area contributed by atoms with E-state index in [2.05, 4.69) is 155 Å².